The van der Waals surface area contributed by atoms with E-state index in [-0.39, 0.29) is 62.5 Å². The largest absolute Gasteiger partial charge is 0.508 e. The minimum Gasteiger partial charge on any atom is -0.508 e. The van der Waals surface area contributed by atoms with Gasteiger partial charge in [-0.2, -0.15) is 5.26 Å². The fourth-order valence-corrected chi connectivity index (χ4v) is 6.54. The first-order chi connectivity index (χ1) is 23.4. The van der Waals surface area contributed by atoms with E-state index in [9.17, 15) is 24.8 Å². The van der Waals surface area contributed by atoms with Crippen LogP contribution in [0, 0.1) is 11.3 Å². The molecule has 0 unspecified atom stereocenters. The number of hydrogen-bond acceptors (Lipinski definition) is 7. The molecule has 2 aliphatic rings. The fourth-order valence-electron chi connectivity index (χ4n) is 6.54. The first-order valence-electron chi connectivity index (χ1n) is 15.9. The molecule has 242 valence electrons. The minimum absolute atomic E-state index is 0.0685. The van der Waals surface area contributed by atoms with Gasteiger partial charge < -0.3 is 14.9 Å². The lowest BCUT2D eigenvalue weighted by Crippen LogP contribution is -2.75. The molecule has 0 saturated carbocycles. The zero-order valence-corrected chi connectivity index (χ0v) is 26.5. The van der Waals surface area contributed by atoms with Gasteiger partial charge >= 0.3 is 0 Å². The topological polar surface area (TPSA) is 121 Å². The maximum absolute atomic E-state index is 14.4. The van der Waals surface area contributed by atoms with Gasteiger partial charge in [0.25, 0.3) is 0 Å². The van der Waals surface area contributed by atoms with Crippen LogP contribution in [0.25, 0.3) is 11.3 Å². The Morgan fingerprint density at radius 3 is 2.54 bits per heavy atom. The number of aromatic nitrogens is 1. The number of nitrogens with zero attached hydrogens (tertiary/aromatic N) is 6. The highest BCUT2D eigenvalue weighted by molar-refractivity contribution is 5.92. The number of hydrazine groups is 1. The molecule has 0 bridgehead atoms. The van der Waals surface area contributed by atoms with Gasteiger partial charge in [-0.05, 0) is 53.4 Å². The third-order valence-electron chi connectivity index (χ3n) is 8.78. The van der Waals surface area contributed by atoms with Gasteiger partial charge in [0.05, 0.1) is 30.4 Å². The van der Waals surface area contributed by atoms with Crippen LogP contribution >= 0.6 is 0 Å². The number of carbonyl (C=O) groups is 3. The summed E-state index contributed by atoms with van der Waals surface area (Å²) in [4.78, 5) is 50.3. The van der Waals surface area contributed by atoms with Crippen molar-refractivity contribution in [2.75, 3.05) is 19.6 Å². The molecule has 0 radical (unpaired) electrons. The van der Waals surface area contributed by atoms with Gasteiger partial charge in [0.1, 0.15) is 18.0 Å². The molecule has 0 spiro atoms. The summed E-state index contributed by atoms with van der Waals surface area (Å²) in [6, 6.07) is 28.5. The smallest absolute Gasteiger partial charge is 0.246 e. The number of amides is 3. The molecule has 6 rings (SSSR count). The lowest BCUT2D eigenvalue weighted by Gasteiger charge is -2.55. The molecule has 2 atom stereocenters. The molecule has 1 aromatic heterocycles. The van der Waals surface area contributed by atoms with Gasteiger partial charge in [-0.15, -0.1) is 6.58 Å². The number of aryl methyl sites for hydroxylation is 1. The predicted octanol–water partition coefficient (Wildman–Crippen LogP) is 4.31. The Morgan fingerprint density at radius 2 is 1.79 bits per heavy atom. The second-order valence-electron chi connectivity index (χ2n) is 12.0. The van der Waals surface area contributed by atoms with Crippen LogP contribution in [0.15, 0.2) is 110 Å². The summed E-state index contributed by atoms with van der Waals surface area (Å²) in [7, 11) is 0. The van der Waals surface area contributed by atoms with Gasteiger partial charge in [0.2, 0.25) is 17.7 Å². The lowest BCUT2D eigenvalue weighted by molar-refractivity contribution is -0.205. The van der Waals surface area contributed by atoms with Crippen LogP contribution in [0.1, 0.15) is 28.7 Å². The van der Waals surface area contributed by atoms with Crippen molar-refractivity contribution in [1.82, 2.24) is 24.8 Å². The van der Waals surface area contributed by atoms with Crippen molar-refractivity contribution in [3.8, 4) is 23.1 Å². The van der Waals surface area contributed by atoms with Crippen molar-refractivity contribution in [3.05, 3.63) is 132 Å². The molecule has 4 aromatic rings. The predicted molar refractivity (Wildman–Crippen MR) is 179 cm³/mol. The fraction of sp³-hybridized carbons (Fsp3) is 0.237. The number of pyridine rings is 1. The number of aromatic hydroxyl groups is 1. The number of piperazine rings is 1. The maximum Gasteiger partial charge on any atom is 0.246 e. The van der Waals surface area contributed by atoms with Crippen molar-refractivity contribution in [2.24, 2.45) is 0 Å². The molecule has 48 heavy (non-hydrogen) atoms. The number of phenols is 1. The second-order valence-corrected chi connectivity index (χ2v) is 12.0. The van der Waals surface area contributed by atoms with E-state index in [0.29, 0.717) is 17.7 Å². The number of carbonyl (C=O) groups excluding carboxylic acids is 3. The van der Waals surface area contributed by atoms with Gasteiger partial charge in [-0.25, -0.2) is 10.0 Å². The zero-order chi connectivity index (χ0) is 33.6. The van der Waals surface area contributed by atoms with Gasteiger partial charge in [0, 0.05) is 37.7 Å². The van der Waals surface area contributed by atoms with Crippen LogP contribution in [0.2, 0.25) is 0 Å². The average Bonchev–Trinajstić information content (AvgIpc) is 3.10. The Kier molecular flexibility index (Phi) is 9.60. The Bertz CT molecular complexity index is 1860. The molecule has 3 aromatic carbocycles. The highest BCUT2D eigenvalue weighted by Gasteiger charge is 2.51. The standard InChI is InChI=1S/C38H36N6O4/c1-2-20-42-26-36(47)43-33(22-28-13-16-32(45)17-14-28)38(48)41(25-34(43)44(42)35(46)18-15-27-8-4-3-5-9-27)24-31-12-7-19-40-37(31)30-11-6-10-29(21-30)23-39/h2-14,16-17,19,21,33-34,45H,1,15,18,20,22,24-26H2/t33-,34-/m0/s1. The molecule has 3 amide bonds. The van der Waals surface area contributed by atoms with Crippen LogP contribution in [0.5, 0.6) is 5.75 Å². The number of fused-ring (bicyclic) bond motifs is 1. The van der Waals surface area contributed by atoms with Gasteiger partial charge in [-0.1, -0.05) is 66.7 Å². The second kappa shape index (κ2) is 14.3. The molecule has 0 aliphatic carbocycles. The average molecular weight is 641 g/mol. The molecule has 1 N–H and O–H groups in total. The summed E-state index contributed by atoms with van der Waals surface area (Å²) in [5.41, 5.74) is 4.45. The van der Waals surface area contributed by atoms with E-state index >= 15 is 0 Å². The zero-order valence-electron chi connectivity index (χ0n) is 26.5. The number of rotatable bonds is 10. The number of phenolic OH excluding ortho intramolecular Hbond substituents is 1. The molecular formula is C38H36N6O4. The summed E-state index contributed by atoms with van der Waals surface area (Å²) in [6.07, 6.45) is 3.53. The molecule has 2 fully saturated rings. The summed E-state index contributed by atoms with van der Waals surface area (Å²) in [5.74, 6) is -0.554. The third-order valence-corrected chi connectivity index (χ3v) is 8.78. The van der Waals surface area contributed by atoms with Crippen LogP contribution < -0.4 is 0 Å². The molecule has 10 nitrogen and oxygen atoms in total. The molecular weight excluding hydrogens is 604 g/mol. The molecule has 2 saturated heterocycles. The summed E-state index contributed by atoms with van der Waals surface area (Å²) < 4.78 is 0. The highest BCUT2D eigenvalue weighted by atomic mass is 16.3. The van der Waals surface area contributed by atoms with E-state index in [4.69, 9.17) is 0 Å². The van der Waals surface area contributed by atoms with Crippen molar-refractivity contribution in [2.45, 2.75) is 38.0 Å². The Balaban J connectivity index is 1.37. The van der Waals surface area contributed by atoms with E-state index in [0.717, 1.165) is 22.3 Å². The molecule has 10 heteroatoms. The van der Waals surface area contributed by atoms with Crippen molar-refractivity contribution < 1.29 is 19.5 Å². The molecule has 2 aliphatic heterocycles. The van der Waals surface area contributed by atoms with Gasteiger partial charge in [0.15, 0.2) is 0 Å². The van der Waals surface area contributed by atoms with Crippen LogP contribution in [0.3, 0.4) is 0 Å². The van der Waals surface area contributed by atoms with Crippen LogP contribution in [-0.4, -0.2) is 79.5 Å². The van der Waals surface area contributed by atoms with Crippen molar-refractivity contribution >= 4 is 17.7 Å². The number of nitriles is 1. The summed E-state index contributed by atoms with van der Waals surface area (Å²) in [6.45, 7) is 4.35. The maximum atomic E-state index is 14.4. The summed E-state index contributed by atoms with van der Waals surface area (Å²) >= 11 is 0. The highest BCUT2D eigenvalue weighted by Crippen LogP contribution is 2.31. The number of hydrogen-bond donors (Lipinski definition) is 1. The minimum atomic E-state index is -0.891. The first kappa shape index (κ1) is 32.2. The third kappa shape index (κ3) is 6.82. The lowest BCUT2D eigenvalue weighted by atomic mass is 9.97. The van der Waals surface area contributed by atoms with Crippen LogP contribution in [0.4, 0.5) is 0 Å². The Labute approximate surface area is 279 Å². The number of benzene rings is 3. The summed E-state index contributed by atoms with van der Waals surface area (Å²) in [5, 5.41) is 22.8. The monoisotopic (exact) mass is 640 g/mol. The van der Waals surface area contributed by atoms with E-state index in [1.165, 1.54) is 0 Å². The van der Waals surface area contributed by atoms with E-state index < -0.39 is 12.2 Å². The van der Waals surface area contributed by atoms with Crippen molar-refractivity contribution in [1.29, 1.82) is 5.26 Å². The van der Waals surface area contributed by atoms with Crippen LogP contribution in [-0.2, 0) is 33.8 Å². The normalized spacial score (nSPS) is 17.9. The Hall–Kier alpha value is -5.79. The van der Waals surface area contributed by atoms with E-state index in [1.54, 1.807) is 80.6 Å². The Morgan fingerprint density at radius 1 is 1.00 bits per heavy atom. The quantitative estimate of drug-likeness (QED) is 0.257. The van der Waals surface area contributed by atoms with Gasteiger partial charge in [-0.3, -0.25) is 19.4 Å². The van der Waals surface area contributed by atoms with E-state index in [2.05, 4.69) is 17.6 Å². The SMILES string of the molecule is C=CCN1CC(=O)N2[C@@H](Cc3ccc(O)cc3)C(=O)N(Cc3cccnc3-c3cccc(C#N)c3)C[C@@H]2N1C(=O)CCc1ccccc1. The van der Waals surface area contributed by atoms with Crippen molar-refractivity contribution in [3.63, 3.8) is 0 Å². The molecule has 3 heterocycles. The van der Waals surface area contributed by atoms with E-state index in [1.807, 2.05) is 42.5 Å². The first-order valence-corrected chi connectivity index (χ1v) is 15.9.